The van der Waals surface area contributed by atoms with Crippen LogP contribution in [0.3, 0.4) is 0 Å². The highest BCUT2D eigenvalue weighted by Gasteiger charge is 2.11. The van der Waals surface area contributed by atoms with Crippen molar-refractivity contribution in [2.75, 3.05) is 31.7 Å². The number of ether oxygens (including phenoxy) is 1. The maximum atomic E-state index is 9.16. The molecular weight excluding hydrogens is 228 g/mol. The lowest BCUT2D eigenvalue weighted by atomic mass is 10.2. The summed E-state index contributed by atoms with van der Waals surface area (Å²) in [7, 11) is 1.71. The molecule has 0 saturated heterocycles. The molecule has 0 saturated carbocycles. The Balaban J connectivity index is 2.86. The second kappa shape index (κ2) is 7.34. The summed E-state index contributed by atoms with van der Waals surface area (Å²) >= 11 is 0. The van der Waals surface area contributed by atoms with E-state index in [1.54, 1.807) is 7.11 Å². The topological polar surface area (TPSA) is 45.6 Å². The van der Waals surface area contributed by atoms with Gasteiger partial charge in [0.1, 0.15) is 5.82 Å². The van der Waals surface area contributed by atoms with Crippen LogP contribution in [0.1, 0.15) is 25.1 Å². The fraction of sp³-hybridized carbons (Fsp3) is 0.643. The van der Waals surface area contributed by atoms with Crippen LogP contribution in [0.4, 0.5) is 5.82 Å². The second-order valence-electron chi connectivity index (χ2n) is 4.90. The van der Waals surface area contributed by atoms with E-state index in [9.17, 15) is 0 Å². The molecule has 0 bridgehead atoms. The number of aliphatic hydroxyl groups is 1. The predicted molar refractivity (Wildman–Crippen MR) is 73.8 cm³/mol. The van der Waals surface area contributed by atoms with Crippen molar-refractivity contribution >= 4 is 5.82 Å². The molecule has 1 rings (SSSR count). The van der Waals surface area contributed by atoms with Crippen molar-refractivity contribution in [1.29, 1.82) is 0 Å². The van der Waals surface area contributed by atoms with Crippen LogP contribution in [-0.2, 0) is 11.3 Å². The van der Waals surface area contributed by atoms with Gasteiger partial charge in [-0.1, -0.05) is 19.9 Å². The Kier molecular flexibility index (Phi) is 6.09. The fourth-order valence-corrected chi connectivity index (χ4v) is 1.86. The second-order valence-corrected chi connectivity index (χ2v) is 4.90. The highest BCUT2D eigenvalue weighted by molar-refractivity contribution is 5.41. The third-order valence-corrected chi connectivity index (χ3v) is 2.83. The molecule has 0 aliphatic heterocycles. The number of aryl methyl sites for hydroxylation is 1. The highest BCUT2D eigenvalue weighted by Crippen LogP contribution is 2.16. The van der Waals surface area contributed by atoms with E-state index in [1.807, 2.05) is 19.1 Å². The van der Waals surface area contributed by atoms with E-state index in [2.05, 4.69) is 23.7 Å². The molecule has 0 spiro atoms. The number of hydrogen-bond donors (Lipinski definition) is 1. The van der Waals surface area contributed by atoms with Crippen LogP contribution in [0.5, 0.6) is 0 Å². The maximum absolute atomic E-state index is 9.16. The molecule has 0 aromatic carbocycles. The molecule has 0 radical (unpaired) electrons. The first kappa shape index (κ1) is 14.9. The summed E-state index contributed by atoms with van der Waals surface area (Å²) in [6.45, 7) is 8.83. The van der Waals surface area contributed by atoms with Crippen molar-refractivity contribution < 1.29 is 9.84 Å². The molecule has 0 amide bonds. The zero-order valence-electron chi connectivity index (χ0n) is 11.8. The predicted octanol–water partition coefficient (Wildman–Crippen LogP) is 1.99. The van der Waals surface area contributed by atoms with Crippen molar-refractivity contribution in [2.24, 2.45) is 5.92 Å². The van der Waals surface area contributed by atoms with Crippen LogP contribution in [-0.4, -0.2) is 36.9 Å². The van der Waals surface area contributed by atoms with E-state index in [4.69, 9.17) is 9.84 Å². The van der Waals surface area contributed by atoms with Crippen molar-refractivity contribution in [1.82, 2.24) is 4.98 Å². The van der Waals surface area contributed by atoms with Gasteiger partial charge in [-0.25, -0.2) is 4.98 Å². The summed E-state index contributed by atoms with van der Waals surface area (Å²) in [6.07, 6.45) is 0. The standard InChI is InChI=1S/C14H24N2O2/c1-11(2)9-16(7-8-18-4)14-6-5-13(10-17)12(3)15-14/h5-6,11,17H,7-10H2,1-4H3. The van der Waals surface area contributed by atoms with Gasteiger partial charge in [-0.15, -0.1) is 0 Å². The van der Waals surface area contributed by atoms with E-state index in [0.717, 1.165) is 30.2 Å². The van der Waals surface area contributed by atoms with Crippen molar-refractivity contribution in [3.8, 4) is 0 Å². The van der Waals surface area contributed by atoms with E-state index in [-0.39, 0.29) is 6.61 Å². The molecule has 0 atom stereocenters. The van der Waals surface area contributed by atoms with Gasteiger partial charge in [0.2, 0.25) is 0 Å². The van der Waals surface area contributed by atoms with Crippen LogP contribution < -0.4 is 4.90 Å². The Labute approximate surface area is 110 Å². The number of nitrogens with zero attached hydrogens (tertiary/aromatic N) is 2. The first-order valence-electron chi connectivity index (χ1n) is 6.39. The van der Waals surface area contributed by atoms with Gasteiger partial charge in [0.15, 0.2) is 0 Å². The Bertz CT molecular complexity index is 367. The maximum Gasteiger partial charge on any atom is 0.128 e. The van der Waals surface area contributed by atoms with Crippen LogP contribution in [0, 0.1) is 12.8 Å². The average Bonchev–Trinajstić information content (AvgIpc) is 2.34. The minimum atomic E-state index is 0.0430. The first-order chi connectivity index (χ1) is 8.58. The molecule has 0 aliphatic rings. The third-order valence-electron chi connectivity index (χ3n) is 2.83. The number of rotatable bonds is 7. The summed E-state index contributed by atoms with van der Waals surface area (Å²) < 4.78 is 5.14. The Morgan fingerprint density at radius 3 is 2.61 bits per heavy atom. The molecule has 102 valence electrons. The highest BCUT2D eigenvalue weighted by atomic mass is 16.5. The molecule has 1 heterocycles. The number of hydrogen-bond acceptors (Lipinski definition) is 4. The van der Waals surface area contributed by atoms with Gasteiger partial charge >= 0.3 is 0 Å². The summed E-state index contributed by atoms with van der Waals surface area (Å²) in [5, 5.41) is 9.16. The summed E-state index contributed by atoms with van der Waals surface area (Å²) in [5.41, 5.74) is 1.77. The van der Waals surface area contributed by atoms with Crippen molar-refractivity contribution in [2.45, 2.75) is 27.4 Å². The lowest BCUT2D eigenvalue weighted by Crippen LogP contribution is -2.31. The number of pyridine rings is 1. The zero-order chi connectivity index (χ0) is 13.5. The molecule has 4 heteroatoms. The molecule has 0 fully saturated rings. The van der Waals surface area contributed by atoms with E-state index in [0.29, 0.717) is 12.5 Å². The Morgan fingerprint density at radius 1 is 1.39 bits per heavy atom. The number of anilines is 1. The fourth-order valence-electron chi connectivity index (χ4n) is 1.86. The van der Waals surface area contributed by atoms with Crippen LogP contribution in [0.2, 0.25) is 0 Å². The molecule has 4 nitrogen and oxygen atoms in total. The van der Waals surface area contributed by atoms with Gasteiger partial charge in [-0.3, -0.25) is 0 Å². The minimum absolute atomic E-state index is 0.0430. The number of aliphatic hydroxyl groups excluding tert-OH is 1. The monoisotopic (exact) mass is 252 g/mol. The molecule has 1 aromatic heterocycles. The average molecular weight is 252 g/mol. The minimum Gasteiger partial charge on any atom is -0.392 e. The van der Waals surface area contributed by atoms with Gasteiger partial charge in [0, 0.05) is 25.9 Å². The lowest BCUT2D eigenvalue weighted by Gasteiger charge is -2.26. The van der Waals surface area contributed by atoms with Gasteiger partial charge in [0.25, 0.3) is 0 Å². The Morgan fingerprint density at radius 2 is 2.11 bits per heavy atom. The van der Waals surface area contributed by atoms with Crippen LogP contribution >= 0.6 is 0 Å². The quantitative estimate of drug-likeness (QED) is 0.806. The SMILES string of the molecule is COCCN(CC(C)C)c1ccc(CO)c(C)n1. The largest absolute Gasteiger partial charge is 0.392 e. The van der Waals surface area contributed by atoms with Crippen molar-refractivity contribution in [3.05, 3.63) is 23.4 Å². The molecule has 0 aliphatic carbocycles. The van der Waals surface area contributed by atoms with E-state index < -0.39 is 0 Å². The molecule has 1 N–H and O–H groups in total. The molecule has 18 heavy (non-hydrogen) atoms. The third kappa shape index (κ3) is 4.27. The van der Waals surface area contributed by atoms with Gasteiger partial charge in [0.05, 0.1) is 13.2 Å². The number of aromatic nitrogens is 1. The zero-order valence-corrected chi connectivity index (χ0v) is 11.8. The summed E-state index contributed by atoms with van der Waals surface area (Å²) in [5.74, 6) is 1.52. The van der Waals surface area contributed by atoms with Gasteiger partial charge in [-0.2, -0.15) is 0 Å². The number of methoxy groups -OCH3 is 1. The molecule has 0 unspecified atom stereocenters. The van der Waals surface area contributed by atoms with Gasteiger partial charge in [-0.05, 0) is 24.5 Å². The van der Waals surface area contributed by atoms with E-state index >= 15 is 0 Å². The Hall–Kier alpha value is -1.13. The summed E-state index contributed by atoms with van der Waals surface area (Å²) in [4.78, 5) is 6.79. The lowest BCUT2D eigenvalue weighted by molar-refractivity contribution is 0.204. The van der Waals surface area contributed by atoms with Crippen LogP contribution in [0.15, 0.2) is 12.1 Å². The molecular formula is C14H24N2O2. The normalized spacial score (nSPS) is 11.0. The van der Waals surface area contributed by atoms with Crippen molar-refractivity contribution in [3.63, 3.8) is 0 Å². The first-order valence-corrected chi connectivity index (χ1v) is 6.39. The molecule has 1 aromatic rings. The van der Waals surface area contributed by atoms with Gasteiger partial charge < -0.3 is 14.7 Å². The van der Waals surface area contributed by atoms with E-state index in [1.165, 1.54) is 0 Å². The smallest absolute Gasteiger partial charge is 0.128 e. The van der Waals surface area contributed by atoms with Crippen LogP contribution in [0.25, 0.3) is 0 Å². The summed E-state index contributed by atoms with van der Waals surface area (Å²) in [6, 6.07) is 3.91.